The molecule has 0 aromatic heterocycles. The first-order valence-electron chi connectivity index (χ1n) is 8.77. The number of rotatable bonds is 5. The highest BCUT2D eigenvalue weighted by molar-refractivity contribution is 5.98. The third kappa shape index (κ3) is 5.85. The summed E-state index contributed by atoms with van der Waals surface area (Å²) in [4.78, 5) is 36.6. The number of carbonyl (C=O) groups is 3. The normalized spacial score (nSPS) is 19.1. The fourth-order valence-electron chi connectivity index (χ4n) is 3.19. The molecule has 0 bridgehead atoms. The second kappa shape index (κ2) is 11.1. The molecular weight excluding hydrogens is 368 g/mol. The molecule has 1 aliphatic heterocycles. The second-order valence-electron chi connectivity index (χ2n) is 6.59. The van der Waals surface area contributed by atoms with E-state index in [1.165, 1.54) is 14.2 Å². The van der Waals surface area contributed by atoms with Crippen molar-refractivity contribution >= 4 is 18.3 Å². The molecule has 2 atom stereocenters. The summed E-state index contributed by atoms with van der Waals surface area (Å²) in [6, 6.07) is 5.24. The predicted molar refractivity (Wildman–Crippen MR) is 102 cm³/mol. The predicted octanol–water partition coefficient (Wildman–Crippen LogP) is 1.27. The maximum Gasteiger partial charge on any atom is 0.308 e. The Balaban J connectivity index is 0.00000122. The Morgan fingerprint density at radius 2 is 1.82 bits per heavy atom. The van der Waals surface area contributed by atoms with Crippen molar-refractivity contribution in [1.29, 1.82) is 0 Å². The van der Waals surface area contributed by atoms with E-state index >= 15 is 0 Å². The molecular formula is C19H28N2O7. The molecule has 9 heteroatoms. The van der Waals surface area contributed by atoms with Crippen LogP contribution < -0.4 is 9.47 Å². The summed E-state index contributed by atoms with van der Waals surface area (Å²) in [5.41, 5.74) is 0.380. The smallest absolute Gasteiger partial charge is 0.308 e. The third-order valence-electron chi connectivity index (χ3n) is 4.72. The average molecular weight is 396 g/mol. The minimum Gasteiger partial charge on any atom is -0.493 e. The van der Waals surface area contributed by atoms with Gasteiger partial charge < -0.3 is 29.5 Å². The fourth-order valence-corrected chi connectivity index (χ4v) is 3.19. The number of carboxylic acids is 1. The highest BCUT2D eigenvalue weighted by atomic mass is 16.5. The first-order chi connectivity index (χ1) is 13.3. The van der Waals surface area contributed by atoms with E-state index in [-0.39, 0.29) is 25.0 Å². The molecule has 0 spiro atoms. The number of ether oxygens (including phenoxy) is 2. The summed E-state index contributed by atoms with van der Waals surface area (Å²) in [7, 11) is 6.89. The van der Waals surface area contributed by atoms with Gasteiger partial charge in [0.2, 0.25) is 0 Å². The summed E-state index contributed by atoms with van der Waals surface area (Å²) in [6.45, 7) is 0.425. The van der Waals surface area contributed by atoms with Crippen molar-refractivity contribution in [3.05, 3.63) is 23.8 Å². The number of likely N-dealkylation sites (N-methyl/N-ethyl adjacent to an activating group) is 1. The molecule has 2 rings (SSSR count). The van der Waals surface area contributed by atoms with Gasteiger partial charge in [0.15, 0.2) is 11.5 Å². The number of nitrogens with zero attached hydrogens (tertiary/aromatic N) is 2. The average Bonchev–Trinajstić information content (AvgIpc) is 2.91. The van der Waals surface area contributed by atoms with Gasteiger partial charge in [-0.2, -0.15) is 0 Å². The van der Waals surface area contributed by atoms with Gasteiger partial charge in [-0.3, -0.25) is 14.4 Å². The molecule has 0 saturated carbocycles. The molecule has 1 heterocycles. The van der Waals surface area contributed by atoms with Gasteiger partial charge in [0, 0.05) is 19.1 Å². The van der Waals surface area contributed by atoms with Crippen molar-refractivity contribution < 1.29 is 34.1 Å². The van der Waals surface area contributed by atoms with Crippen LogP contribution >= 0.6 is 0 Å². The Morgan fingerprint density at radius 3 is 2.32 bits per heavy atom. The van der Waals surface area contributed by atoms with E-state index in [0.29, 0.717) is 30.0 Å². The SMILES string of the molecule is COc1cccc(C(=O)N2C[C@@H](C(=O)O)CC[C@@H](N(C)C)C2)c1OC.O=CO. The standard InChI is InChI=1S/C18H26N2O5.CH2O2/c1-19(2)13-9-8-12(18(22)23)10-20(11-13)17(21)14-6-5-7-15(24-3)16(14)25-4;2-1-3/h5-7,12-13H,8-11H2,1-4H3,(H,22,23);1H,(H,2,3)/t12-,13+;/m0./s1. The number of hydrogen-bond donors (Lipinski definition) is 2. The zero-order valence-corrected chi connectivity index (χ0v) is 16.6. The monoisotopic (exact) mass is 396 g/mol. The fraction of sp³-hybridized carbons (Fsp3) is 0.526. The highest BCUT2D eigenvalue weighted by Gasteiger charge is 2.33. The van der Waals surface area contributed by atoms with E-state index < -0.39 is 11.9 Å². The molecule has 0 radical (unpaired) electrons. The van der Waals surface area contributed by atoms with Gasteiger partial charge in [0.05, 0.1) is 25.7 Å². The highest BCUT2D eigenvalue weighted by Crippen LogP contribution is 2.32. The van der Waals surface area contributed by atoms with Crippen LogP contribution in [0.25, 0.3) is 0 Å². The van der Waals surface area contributed by atoms with Gasteiger partial charge in [-0.15, -0.1) is 0 Å². The van der Waals surface area contributed by atoms with Gasteiger partial charge in [-0.1, -0.05) is 6.07 Å². The number of carboxylic acid groups (broad SMARTS) is 2. The lowest BCUT2D eigenvalue weighted by Gasteiger charge is -2.29. The summed E-state index contributed by atoms with van der Waals surface area (Å²) >= 11 is 0. The lowest BCUT2D eigenvalue weighted by molar-refractivity contribution is -0.142. The number of methoxy groups -OCH3 is 2. The molecule has 2 N–H and O–H groups in total. The number of para-hydroxylation sites is 1. The summed E-state index contributed by atoms with van der Waals surface area (Å²) in [5, 5.41) is 16.3. The zero-order valence-electron chi connectivity index (χ0n) is 16.6. The largest absolute Gasteiger partial charge is 0.493 e. The molecule has 1 fully saturated rings. The topological polar surface area (TPSA) is 117 Å². The first kappa shape index (κ1) is 23.2. The van der Waals surface area contributed by atoms with E-state index in [1.807, 2.05) is 19.0 Å². The Bertz CT molecular complexity index is 678. The van der Waals surface area contributed by atoms with Crippen LogP contribution in [0.4, 0.5) is 0 Å². The molecule has 28 heavy (non-hydrogen) atoms. The molecule has 0 unspecified atom stereocenters. The Labute approximate surface area is 164 Å². The molecule has 9 nitrogen and oxygen atoms in total. The number of carbonyl (C=O) groups excluding carboxylic acids is 1. The van der Waals surface area contributed by atoms with Crippen molar-refractivity contribution in [2.45, 2.75) is 18.9 Å². The van der Waals surface area contributed by atoms with Crippen LogP contribution in [0.2, 0.25) is 0 Å². The van der Waals surface area contributed by atoms with Crippen molar-refractivity contribution in [2.24, 2.45) is 5.92 Å². The lowest BCUT2D eigenvalue weighted by Crippen LogP contribution is -2.43. The maximum absolute atomic E-state index is 13.1. The first-order valence-corrected chi connectivity index (χ1v) is 8.77. The van der Waals surface area contributed by atoms with Crippen molar-refractivity contribution in [3.63, 3.8) is 0 Å². The molecule has 1 amide bonds. The van der Waals surface area contributed by atoms with Crippen LogP contribution in [0, 0.1) is 5.92 Å². The Kier molecular flexibility index (Phi) is 9.23. The van der Waals surface area contributed by atoms with Gasteiger partial charge >= 0.3 is 5.97 Å². The van der Waals surface area contributed by atoms with E-state index in [9.17, 15) is 14.7 Å². The molecule has 1 saturated heterocycles. The number of aliphatic carboxylic acids is 1. The van der Waals surface area contributed by atoms with Gasteiger partial charge in [0.25, 0.3) is 12.4 Å². The zero-order chi connectivity index (χ0) is 21.3. The minimum atomic E-state index is -0.866. The van der Waals surface area contributed by atoms with Crippen LogP contribution in [0.15, 0.2) is 18.2 Å². The third-order valence-corrected chi connectivity index (χ3v) is 4.72. The number of hydrogen-bond acceptors (Lipinski definition) is 6. The number of likely N-dealkylation sites (tertiary alicyclic amines) is 1. The molecule has 156 valence electrons. The van der Waals surface area contributed by atoms with Crippen LogP contribution in [0.5, 0.6) is 11.5 Å². The Morgan fingerprint density at radius 1 is 1.18 bits per heavy atom. The molecule has 1 aliphatic rings. The van der Waals surface area contributed by atoms with E-state index in [2.05, 4.69) is 0 Å². The van der Waals surface area contributed by atoms with Gasteiger partial charge in [-0.25, -0.2) is 0 Å². The molecule has 0 aliphatic carbocycles. The van der Waals surface area contributed by atoms with E-state index in [4.69, 9.17) is 19.4 Å². The van der Waals surface area contributed by atoms with Crippen molar-refractivity contribution in [3.8, 4) is 11.5 Å². The summed E-state index contributed by atoms with van der Waals surface area (Å²) < 4.78 is 10.6. The quantitative estimate of drug-likeness (QED) is 0.715. The van der Waals surface area contributed by atoms with Crippen LogP contribution in [-0.4, -0.2) is 85.8 Å². The van der Waals surface area contributed by atoms with Crippen LogP contribution in [-0.2, 0) is 9.59 Å². The summed E-state index contributed by atoms with van der Waals surface area (Å²) in [5.74, 6) is -0.828. The van der Waals surface area contributed by atoms with Crippen molar-refractivity contribution in [1.82, 2.24) is 9.80 Å². The van der Waals surface area contributed by atoms with E-state index in [1.54, 1.807) is 23.1 Å². The minimum absolute atomic E-state index is 0.116. The second-order valence-corrected chi connectivity index (χ2v) is 6.59. The van der Waals surface area contributed by atoms with Crippen LogP contribution in [0.1, 0.15) is 23.2 Å². The molecule has 1 aromatic rings. The van der Waals surface area contributed by atoms with Gasteiger partial charge in [-0.05, 0) is 39.1 Å². The number of benzene rings is 1. The lowest BCUT2D eigenvalue weighted by atomic mass is 10.0. The Hall–Kier alpha value is -2.81. The summed E-state index contributed by atoms with van der Waals surface area (Å²) in [6.07, 6.45) is 1.29. The number of amides is 1. The molecule has 1 aromatic carbocycles. The van der Waals surface area contributed by atoms with Crippen molar-refractivity contribution in [2.75, 3.05) is 41.4 Å². The van der Waals surface area contributed by atoms with Gasteiger partial charge in [0.1, 0.15) is 0 Å². The van der Waals surface area contributed by atoms with E-state index in [0.717, 1.165) is 6.42 Å². The van der Waals surface area contributed by atoms with Crippen LogP contribution in [0.3, 0.4) is 0 Å². The maximum atomic E-state index is 13.1.